The smallest absolute Gasteiger partial charge is 0.339 e. The molecule has 1 atom stereocenters. The highest BCUT2D eigenvalue weighted by atomic mass is 32.2. The van der Waals surface area contributed by atoms with Gasteiger partial charge in [-0.1, -0.05) is 12.1 Å². The quantitative estimate of drug-likeness (QED) is 0.782. The third-order valence-corrected chi connectivity index (χ3v) is 4.98. The molecule has 23 heavy (non-hydrogen) atoms. The zero-order chi connectivity index (χ0) is 16.9. The summed E-state index contributed by atoms with van der Waals surface area (Å²) in [7, 11) is -2.97. The number of ether oxygens (including phenoxy) is 2. The van der Waals surface area contributed by atoms with Gasteiger partial charge in [0, 0.05) is 13.0 Å². The van der Waals surface area contributed by atoms with Gasteiger partial charge in [0.15, 0.2) is 0 Å². The summed E-state index contributed by atoms with van der Waals surface area (Å²) in [4.78, 5) is 23.2. The molecule has 0 spiro atoms. The third kappa shape index (κ3) is 4.52. The van der Waals surface area contributed by atoms with Gasteiger partial charge in [-0.3, -0.25) is 4.79 Å². The second kappa shape index (κ2) is 7.56. The lowest BCUT2D eigenvalue weighted by molar-refractivity contribution is -0.119. The Labute approximate surface area is 135 Å². The highest BCUT2D eigenvalue weighted by Crippen LogP contribution is 2.18. The van der Waals surface area contributed by atoms with Crippen molar-refractivity contribution in [1.29, 1.82) is 0 Å². The predicted molar refractivity (Wildman–Crippen MR) is 81.3 cm³/mol. The molecule has 8 heteroatoms. The maximum atomic E-state index is 12.3. The molecule has 1 aliphatic heterocycles. The molecule has 0 bridgehead atoms. The summed E-state index contributed by atoms with van der Waals surface area (Å²) >= 11 is 0. The number of rotatable bonds is 6. The van der Waals surface area contributed by atoms with Gasteiger partial charge in [0.2, 0.25) is 5.91 Å². The summed E-state index contributed by atoms with van der Waals surface area (Å²) in [6.45, 7) is 0.678. The van der Waals surface area contributed by atoms with Gasteiger partial charge >= 0.3 is 5.97 Å². The van der Waals surface area contributed by atoms with E-state index in [1.54, 1.807) is 0 Å². The van der Waals surface area contributed by atoms with E-state index in [0.717, 1.165) is 20.0 Å². The number of carbonyl (C=O) groups is 2. The molecule has 1 amide bonds. The minimum atomic E-state index is -4.13. The topological polar surface area (TPSA) is 98.8 Å². The van der Waals surface area contributed by atoms with Crippen LogP contribution in [0.4, 0.5) is 0 Å². The van der Waals surface area contributed by atoms with Crippen molar-refractivity contribution in [2.45, 2.75) is 36.7 Å². The van der Waals surface area contributed by atoms with Gasteiger partial charge in [-0.05, 0) is 31.4 Å². The van der Waals surface area contributed by atoms with Crippen molar-refractivity contribution in [2.24, 2.45) is 0 Å². The van der Waals surface area contributed by atoms with Crippen molar-refractivity contribution >= 4 is 21.9 Å². The lowest BCUT2D eigenvalue weighted by Gasteiger charge is -2.11. The predicted octanol–water partition coefficient (Wildman–Crippen LogP) is 1.24. The molecular weight excluding hydrogens is 322 g/mol. The molecule has 1 saturated heterocycles. The van der Waals surface area contributed by atoms with Crippen LogP contribution < -0.4 is 4.72 Å². The standard InChI is InChI=1S/C15H19NO6S/c1-21-15(18)12-6-2-3-7-13(12)23(19,20)16-14(17)9-8-11-5-4-10-22-11/h2-3,6-7,11H,4-5,8-10H2,1H3,(H,16,17)/t11-/m1/s1. The zero-order valence-corrected chi connectivity index (χ0v) is 13.6. The SMILES string of the molecule is COC(=O)c1ccccc1S(=O)(=O)NC(=O)CC[C@H]1CCCO1. The molecule has 1 heterocycles. The van der Waals surface area contributed by atoms with Crippen molar-refractivity contribution in [3.8, 4) is 0 Å². The Bertz CT molecular complexity index is 679. The second-order valence-corrected chi connectivity index (χ2v) is 6.84. The molecule has 1 N–H and O–H groups in total. The van der Waals surface area contributed by atoms with Crippen LogP contribution in [-0.2, 0) is 24.3 Å². The molecule has 1 fully saturated rings. The summed E-state index contributed by atoms with van der Waals surface area (Å²) in [5.41, 5.74) is -0.116. The number of methoxy groups -OCH3 is 1. The van der Waals surface area contributed by atoms with Crippen LogP contribution >= 0.6 is 0 Å². The second-order valence-electron chi connectivity index (χ2n) is 5.19. The number of carbonyl (C=O) groups excluding carboxylic acids is 2. The maximum Gasteiger partial charge on any atom is 0.339 e. The molecule has 0 radical (unpaired) electrons. The van der Waals surface area contributed by atoms with E-state index in [2.05, 4.69) is 4.74 Å². The van der Waals surface area contributed by atoms with Crippen LogP contribution in [-0.4, -0.2) is 40.1 Å². The Morgan fingerprint density at radius 3 is 2.74 bits per heavy atom. The number of sulfonamides is 1. The van der Waals surface area contributed by atoms with Crippen LogP contribution in [0, 0.1) is 0 Å². The van der Waals surface area contributed by atoms with Gasteiger partial charge in [0.1, 0.15) is 4.90 Å². The maximum absolute atomic E-state index is 12.3. The fourth-order valence-corrected chi connectivity index (χ4v) is 3.61. The molecule has 0 saturated carbocycles. The van der Waals surface area contributed by atoms with Gasteiger partial charge in [-0.2, -0.15) is 0 Å². The average molecular weight is 341 g/mol. The van der Waals surface area contributed by atoms with E-state index in [0.29, 0.717) is 13.0 Å². The number of hydrogen-bond donors (Lipinski definition) is 1. The molecule has 7 nitrogen and oxygen atoms in total. The molecule has 1 aliphatic rings. The van der Waals surface area contributed by atoms with Crippen LogP contribution in [0.15, 0.2) is 29.2 Å². The number of hydrogen-bond acceptors (Lipinski definition) is 6. The summed E-state index contributed by atoms with van der Waals surface area (Å²) in [6.07, 6.45) is 2.36. The summed E-state index contributed by atoms with van der Waals surface area (Å²) in [5, 5.41) is 0. The van der Waals surface area contributed by atoms with E-state index in [-0.39, 0.29) is 23.0 Å². The highest BCUT2D eigenvalue weighted by molar-refractivity contribution is 7.90. The summed E-state index contributed by atoms with van der Waals surface area (Å²) in [5.74, 6) is -1.40. The van der Waals surface area contributed by atoms with Crippen molar-refractivity contribution < 1.29 is 27.5 Å². The number of nitrogens with one attached hydrogen (secondary N) is 1. The van der Waals surface area contributed by atoms with E-state index in [1.165, 1.54) is 24.3 Å². The van der Waals surface area contributed by atoms with E-state index in [1.807, 2.05) is 4.72 Å². The summed E-state index contributed by atoms with van der Waals surface area (Å²) in [6, 6.07) is 5.57. The molecule has 0 aromatic heterocycles. The highest BCUT2D eigenvalue weighted by Gasteiger charge is 2.25. The van der Waals surface area contributed by atoms with E-state index < -0.39 is 21.9 Å². The van der Waals surface area contributed by atoms with Gasteiger partial charge in [-0.15, -0.1) is 0 Å². The van der Waals surface area contributed by atoms with Crippen LogP contribution in [0.3, 0.4) is 0 Å². The van der Waals surface area contributed by atoms with Crippen molar-refractivity contribution in [2.75, 3.05) is 13.7 Å². The van der Waals surface area contributed by atoms with Crippen LogP contribution in [0.5, 0.6) is 0 Å². The lowest BCUT2D eigenvalue weighted by Crippen LogP contribution is -2.32. The lowest BCUT2D eigenvalue weighted by atomic mass is 10.1. The van der Waals surface area contributed by atoms with Crippen molar-refractivity contribution in [3.05, 3.63) is 29.8 Å². The first-order valence-corrected chi connectivity index (χ1v) is 8.77. The normalized spacial score (nSPS) is 17.7. The number of benzene rings is 1. The van der Waals surface area contributed by atoms with Gasteiger partial charge in [0.05, 0.1) is 18.8 Å². The van der Waals surface area contributed by atoms with Gasteiger partial charge < -0.3 is 9.47 Å². The molecule has 1 aromatic rings. The number of esters is 1. The molecule has 0 aliphatic carbocycles. The Kier molecular flexibility index (Phi) is 5.73. The van der Waals surface area contributed by atoms with Crippen molar-refractivity contribution in [3.63, 3.8) is 0 Å². The Hall–Kier alpha value is -1.93. The first kappa shape index (κ1) is 17.4. The van der Waals surface area contributed by atoms with Crippen LogP contribution in [0.1, 0.15) is 36.0 Å². The minimum absolute atomic E-state index is 0.00538. The fraction of sp³-hybridized carbons (Fsp3) is 0.467. The van der Waals surface area contributed by atoms with E-state index >= 15 is 0 Å². The zero-order valence-electron chi connectivity index (χ0n) is 12.8. The molecular formula is C15H19NO6S. The summed E-state index contributed by atoms with van der Waals surface area (Å²) < 4.78 is 36.6. The molecule has 1 aromatic carbocycles. The van der Waals surface area contributed by atoms with Gasteiger partial charge in [-0.25, -0.2) is 17.9 Å². The Morgan fingerprint density at radius 2 is 2.09 bits per heavy atom. The van der Waals surface area contributed by atoms with Crippen LogP contribution in [0.25, 0.3) is 0 Å². The number of amides is 1. The fourth-order valence-electron chi connectivity index (χ4n) is 2.40. The third-order valence-electron chi connectivity index (χ3n) is 3.55. The van der Waals surface area contributed by atoms with Crippen LogP contribution in [0.2, 0.25) is 0 Å². The Morgan fingerprint density at radius 1 is 1.35 bits per heavy atom. The average Bonchev–Trinajstić information content (AvgIpc) is 3.05. The monoisotopic (exact) mass is 341 g/mol. The minimum Gasteiger partial charge on any atom is -0.465 e. The first-order chi connectivity index (χ1) is 10.9. The van der Waals surface area contributed by atoms with E-state index in [4.69, 9.17) is 4.74 Å². The molecule has 126 valence electrons. The largest absolute Gasteiger partial charge is 0.465 e. The van der Waals surface area contributed by atoms with Gasteiger partial charge in [0.25, 0.3) is 10.0 Å². The molecule has 2 rings (SSSR count). The Balaban J connectivity index is 2.06. The van der Waals surface area contributed by atoms with Crippen molar-refractivity contribution in [1.82, 2.24) is 4.72 Å². The van der Waals surface area contributed by atoms with E-state index in [9.17, 15) is 18.0 Å². The molecule has 0 unspecified atom stereocenters. The first-order valence-electron chi connectivity index (χ1n) is 7.28.